The largest absolute Gasteiger partial charge is 0.454 e. The molecule has 1 aromatic heterocycles. The zero-order chi connectivity index (χ0) is 18.1. The number of ether oxygens (including phenoxy) is 2. The van der Waals surface area contributed by atoms with Gasteiger partial charge in [0.15, 0.2) is 11.5 Å². The number of rotatable bonds is 4. The van der Waals surface area contributed by atoms with E-state index in [9.17, 15) is 4.79 Å². The number of nitrogens with zero attached hydrogens (tertiary/aromatic N) is 3. The summed E-state index contributed by atoms with van der Waals surface area (Å²) in [6, 6.07) is 15.5. The van der Waals surface area contributed by atoms with E-state index in [-0.39, 0.29) is 12.7 Å². The Morgan fingerprint density at radius 3 is 2.73 bits per heavy atom. The Kier molecular flexibility index (Phi) is 4.08. The Labute approximate surface area is 151 Å². The van der Waals surface area contributed by atoms with Gasteiger partial charge in [-0.25, -0.2) is 4.68 Å². The lowest BCUT2D eigenvalue weighted by Gasteiger charge is -2.17. The van der Waals surface area contributed by atoms with Crippen molar-refractivity contribution in [2.75, 3.05) is 13.8 Å². The number of amides is 1. The molecular formula is C20H19N3O3. The summed E-state index contributed by atoms with van der Waals surface area (Å²) in [4.78, 5) is 14.5. The minimum Gasteiger partial charge on any atom is -0.454 e. The van der Waals surface area contributed by atoms with Crippen LogP contribution in [-0.2, 0) is 6.54 Å². The maximum Gasteiger partial charge on any atom is 0.257 e. The van der Waals surface area contributed by atoms with Crippen molar-refractivity contribution in [3.63, 3.8) is 0 Å². The van der Waals surface area contributed by atoms with Gasteiger partial charge in [-0.3, -0.25) is 4.79 Å². The molecule has 0 atom stereocenters. The van der Waals surface area contributed by atoms with Crippen LogP contribution in [0, 0.1) is 6.92 Å². The van der Waals surface area contributed by atoms with Gasteiger partial charge < -0.3 is 14.4 Å². The van der Waals surface area contributed by atoms with E-state index in [1.165, 1.54) is 0 Å². The van der Waals surface area contributed by atoms with Gasteiger partial charge in [0.05, 0.1) is 23.1 Å². The molecule has 0 N–H and O–H groups in total. The zero-order valence-electron chi connectivity index (χ0n) is 14.7. The molecule has 26 heavy (non-hydrogen) atoms. The highest BCUT2D eigenvalue weighted by molar-refractivity contribution is 5.95. The predicted molar refractivity (Wildman–Crippen MR) is 96.7 cm³/mol. The summed E-state index contributed by atoms with van der Waals surface area (Å²) in [7, 11) is 1.78. The molecule has 6 heteroatoms. The van der Waals surface area contributed by atoms with Gasteiger partial charge in [-0.1, -0.05) is 24.3 Å². The minimum absolute atomic E-state index is 0.0673. The van der Waals surface area contributed by atoms with Gasteiger partial charge in [0.2, 0.25) is 6.79 Å². The van der Waals surface area contributed by atoms with Crippen LogP contribution < -0.4 is 9.47 Å². The Morgan fingerprint density at radius 2 is 1.92 bits per heavy atom. The Morgan fingerprint density at radius 1 is 1.15 bits per heavy atom. The normalized spacial score (nSPS) is 12.2. The number of hydrogen-bond donors (Lipinski definition) is 0. The number of carbonyl (C=O) groups excluding carboxylic acids is 1. The highest BCUT2D eigenvalue weighted by atomic mass is 16.7. The van der Waals surface area contributed by atoms with Gasteiger partial charge >= 0.3 is 0 Å². The Hall–Kier alpha value is -3.28. The van der Waals surface area contributed by atoms with Gasteiger partial charge in [-0.05, 0) is 36.8 Å². The fraction of sp³-hybridized carbons (Fsp3) is 0.200. The second-order valence-electron chi connectivity index (χ2n) is 6.24. The quantitative estimate of drug-likeness (QED) is 0.726. The molecule has 4 rings (SSSR count). The minimum atomic E-state index is -0.0673. The predicted octanol–water partition coefficient (Wildman–Crippen LogP) is 3.18. The number of para-hydroxylation sites is 1. The van der Waals surface area contributed by atoms with E-state index >= 15 is 0 Å². The number of fused-ring (bicyclic) bond motifs is 1. The van der Waals surface area contributed by atoms with Crippen LogP contribution in [-0.4, -0.2) is 34.4 Å². The van der Waals surface area contributed by atoms with Crippen molar-refractivity contribution in [1.29, 1.82) is 0 Å². The molecule has 1 aliphatic heterocycles. The van der Waals surface area contributed by atoms with Crippen LogP contribution in [0.25, 0.3) is 5.69 Å². The SMILES string of the molecule is Cc1c(C(=O)N(C)Cc2ccc3c(c2)OCO3)cnn1-c1ccccc1. The first-order valence-corrected chi connectivity index (χ1v) is 8.37. The third kappa shape index (κ3) is 2.90. The number of benzene rings is 2. The van der Waals surface area contributed by atoms with E-state index in [2.05, 4.69) is 5.10 Å². The van der Waals surface area contributed by atoms with Crippen LogP contribution >= 0.6 is 0 Å². The van der Waals surface area contributed by atoms with Crippen molar-refractivity contribution in [2.24, 2.45) is 0 Å². The molecule has 0 fully saturated rings. The van der Waals surface area contributed by atoms with Crippen LogP contribution in [0.5, 0.6) is 11.5 Å². The lowest BCUT2D eigenvalue weighted by Crippen LogP contribution is -2.26. The summed E-state index contributed by atoms with van der Waals surface area (Å²) < 4.78 is 12.5. The first kappa shape index (κ1) is 16.2. The van der Waals surface area contributed by atoms with Crippen LogP contribution in [0.3, 0.4) is 0 Å². The standard InChI is InChI=1S/C20H19N3O3/c1-14-17(11-21-23(14)16-6-4-3-5-7-16)20(24)22(2)12-15-8-9-18-19(10-15)26-13-25-18/h3-11H,12-13H2,1-2H3. The average molecular weight is 349 g/mol. The third-order valence-corrected chi connectivity index (χ3v) is 4.44. The smallest absolute Gasteiger partial charge is 0.257 e. The van der Waals surface area contributed by atoms with E-state index < -0.39 is 0 Å². The van der Waals surface area contributed by atoms with Crippen LogP contribution in [0.1, 0.15) is 21.6 Å². The molecule has 0 bridgehead atoms. The molecule has 1 amide bonds. The second kappa shape index (κ2) is 6.55. The Balaban J connectivity index is 1.53. The van der Waals surface area contributed by atoms with Crippen molar-refractivity contribution in [1.82, 2.24) is 14.7 Å². The molecule has 0 radical (unpaired) electrons. The van der Waals surface area contributed by atoms with E-state index in [4.69, 9.17) is 9.47 Å². The monoisotopic (exact) mass is 349 g/mol. The molecule has 0 spiro atoms. The van der Waals surface area contributed by atoms with Crippen molar-refractivity contribution >= 4 is 5.91 Å². The molecule has 3 aromatic rings. The average Bonchev–Trinajstić information content (AvgIpc) is 3.27. The molecule has 1 aliphatic rings. The van der Waals surface area contributed by atoms with Gasteiger partial charge in [-0.15, -0.1) is 0 Å². The molecule has 2 aromatic carbocycles. The highest BCUT2D eigenvalue weighted by Gasteiger charge is 2.20. The zero-order valence-corrected chi connectivity index (χ0v) is 14.7. The molecule has 132 valence electrons. The number of carbonyl (C=O) groups is 1. The molecule has 2 heterocycles. The molecule has 6 nitrogen and oxygen atoms in total. The maximum absolute atomic E-state index is 12.9. The summed E-state index contributed by atoms with van der Waals surface area (Å²) in [5, 5.41) is 4.38. The summed E-state index contributed by atoms with van der Waals surface area (Å²) in [5.41, 5.74) is 3.33. The molecular weight excluding hydrogens is 330 g/mol. The van der Waals surface area contributed by atoms with Crippen molar-refractivity contribution < 1.29 is 14.3 Å². The van der Waals surface area contributed by atoms with E-state index in [0.717, 1.165) is 28.4 Å². The van der Waals surface area contributed by atoms with Gasteiger partial charge in [0, 0.05) is 13.6 Å². The molecule has 0 aliphatic carbocycles. The van der Waals surface area contributed by atoms with E-state index in [1.54, 1.807) is 22.8 Å². The lowest BCUT2D eigenvalue weighted by atomic mass is 10.1. The van der Waals surface area contributed by atoms with Gasteiger partial charge in [0.25, 0.3) is 5.91 Å². The first-order valence-electron chi connectivity index (χ1n) is 8.37. The lowest BCUT2D eigenvalue weighted by molar-refractivity contribution is 0.0784. The fourth-order valence-electron chi connectivity index (χ4n) is 3.04. The van der Waals surface area contributed by atoms with Crippen LogP contribution in [0.4, 0.5) is 0 Å². The summed E-state index contributed by atoms with van der Waals surface area (Å²) in [6.45, 7) is 2.62. The summed E-state index contributed by atoms with van der Waals surface area (Å²) >= 11 is 0. The third-order valence-electron chi connectivity index (χ3n) is 4.44. The summed E-state index contributed by atoms with van der Waals surface area (Å²) in [6.07, 6.45) is 1.63. The number of aromatic nitrogens is 2. The number of hydrogen-bond acceptors (Lipinski definition) is 4. The molecule has 0 saturated heterocycles. The molecule has 0 saturated carbocycles. The Bertz CT molecular complexity index is 950. The second-order valence-corrected chi connectivity index (χ2v) is 6.24. The van der Waals surface area contributed by atoms with Crippen LogP contribution in [0.2, 0.25) is 0 Å². The van der Waals surface area contributed by atoms with Gasteiger partial charge in [-0.2, -0.15) is 5.10 Å². The van der Waals surface area contributed by atoms with Crippen LogP contribution in [0.15, 0.2) is 54.7 Å². The fourth-order valence-corrected chi connectivity index (χ4v) is 3.04. The van der Waals surface area contributed by atoms with E-state index in [0.29, 0.717) is 12.1 Å². The van der Waals surface area contributed by atoms with Crippen molar-refractivity contribution in [2.45, 2.75) is 13.5 Å². The maximum atomic E-state index is 12.9. The topological polar surface area (TPSA) is 56.6 Å². The summed E-state index contributed by atoms with van der Waals surface area (Å²) in [5.74, 6) is 1.39. The van der Waals surface area contributed by atoms with Crippen molar-refractivity contribution in [3.05, 3.63) is 71.5 Å². The van der Waals surface area contributed by atoms with Crippen molar-refractivity contribution in [3.8, 4) is 17.2 Å². The molecule has 0 unspecified atom stereocenters. The van der Waals surface area contributed by atoms with E-state index in [1.807, 2.05) is 55.5 Å². The van der Waals surface area contributed by atoms with Gasteiger partial charge in [0.1, 0.15) is 0 Å². The highest BCUT2D eigenvalue weighted by Crippen LogP contribution is 2.32. The first-order chi connectivity index (χ1) is 12.6.